The van der Waals surface area contributed by atoms with Crippen LogP contribution in [-0.2, 0) is 6.54 Å². The van der Waals surface area contributed by atoms with Gasteiger partial charge < -0.3 is 9.52 Å². The van der Waals surface area contributed by atoms with Crippen molar-refractivity contribution in [2.24, 2.45) is 0 Å². The van der Waals surface area contributed by atoms with Crippen LogP contribution in [0.3, 0.4) is 0 Å². The maximum atomic E-state index is 12.1. The minimum atomic E-state index is -0.447. The molecule has 0 spiro atoms. The normalized spacial score (nSPS) is 11.2. The van der Waals surface area contributed by atoms with Crippen LogP contribution in [0.1, 0.15) is 33.3 Å². The van der Waals surface area contributed by atoms with E-state index in [4.69, 9.17) is 4.42 Å². The Hall–Kier alpha value is -3.68. The summed E-state index contributed by atoms with van der Waals surface area (Å²) in [6, 6.07) is 9.49. The first-order valence-corrected chi connectivity index (χ1v) is 8.13. The van der Waals surface area contributed by atoms with Crippen LogP contribution in [-0.4, -0.2) is 25.6 Å². The third-order valence-electron chi connectivity index (χ3n) is 4.04. The lowest BCUT2D eigenvalue weighted by atomic mass is 10.1. The minimum absolute atomic E-state index is 0.00149. The molecule has 1 N–H and O–H groups in total. The van der Waals surface area contributed by atoms with Gasteiger partial charge in [-0.05, 0) is 50.3 Å². The van der Waals surface area contributed by atoms with Crippen LogP contribution in [0.5, 0.6) is 5.75 Å². The van der Waals surface area contributed by atoms with E-state index in [0.29, 0.717) is 28.5 Å². The Morgan fingerprint density at radius 1 is 1.33 bits per heavy atom. The van der Waals surface area contributed by atoms with Crippen molar-refractivity contribution in [2.75, 3.05) is 0 Å². The fourth-order valence-electron chi connectivity index (χ4n) is 2.74. The average molecular weight is 367 g/mol. The van der Waals surface area contributed by atoms with Gasteiger partial charge in [-0.25, -0.2) is 0 Å². The zero-order valence-electron chi connectivity index (χ0n) is 14.7. The second-order valence-electron chi connectivity index (χ2n) is 5.99. The van der Waals surface area contributed by atoms with Gasteiger partial charge in [-0.15, -0.1) is 0 Å². The third kappa shape index (κ3) is 3.95. The van der Waals surface area contributed by atoms with Crippen LogP contribution in [0.4, 0.5) is 5.69 Å². The summed E-state index contributed by atoms with van der Waals surface area (Å²) >= 11 is 0. The molecule has 2 heterocycles. The first kappa shape index (κ1) is 18.1. The lowest BCUT2D eigenvalue weighted by molar-refractivity contribution is -0.386. The zero-order valence-corrected chi connectivity index (χ0v) is 14.7. The number of furan rings is 1. The topological polar surface area (TPSA) is 111 Å². The highest BCUT2D eigenvalue weighted by molar-refractivity contribution is 6.06. The summed E-state index contributed by atoms with van der Waals surface area (Å²) in [5.74, 6) is 0.779. The number of allylic oxidation sites excluding steroid dienone is 1. The molecular formula is C19H17N3O5. The van der Waals surface area contributed by atoms with E-state index in [9.17, 15) is 20.0 Å². The highest BCUT2D eigenvalue weighted by atomic mass is 16.6. The van der Waals surface area contributed by atoms with E-state index in [-0.39, 0.29) is 23.8 Å². The number of nitro groups is 1. The number of benzene rings is 1. The number of phenols is 1. The van der Waals surface area contributed by atoms with E-state index in [1.165, 1.54) is 29.0 Å². The van der Waals surface area contributed by atoms with Gasteiger partial charge in [0.15, 0.2) is 5.78 Å². The van der Waals surface area contributed by atoms with Crippen molar-refractivity contribution < 1.29 is 19.2 Å². The van der Waals surface area contributed by atoms with Crippen molar-refractivity contribution in [1.82, 2.24) is 9.78 Å². The molecule has 27 heavy (non-hydrogen) atoms. The van der Waals surface area contributed by atoms with E-state index in [1.54, 1.807) is 38.1 Å². The lowest BCUT2D eigenvalue weighted by Gasteiger charge is -2.00. The monoisotopic (exact) mass is 367 g/mol. The smallest absolute Gasteiger partial charge is 0.312 e. The number of hydrogen-bond acceptors (Lipinski definition) is 6. The molecule has 1 aromatic carbocycles. The molecule has 0 fully saturated rings. The number of aryl methyl sites for hydroxylation is 1. The molecule has 2 aromatic heterocycles. The Labute approximate surface area is 154 Å². The van der Waals surface area contributed by atoms with Crippen LogP contribution in [0.2, 0.25) is 0 Å². The van der Waals surface area contributed by atoms with Crippen molar-refractivity contribution in [3.05, 3.63) is 81.1 Å². The SMILES string of the molecule is Cc1nn(Cc2ccc(/C=C/C(=O)c3cccc(O)c3)o2)c(C)c1[N+](=O)[O-]. The number of nitrogens with zero attached hydrogens (tertiary/aromatic N) is 3. The Bertz CT molecular complexity index is 1050. The maximum absolute atomic E-state index is 12.1. The predicted molar refractivity (Wildman–Crippen MR) is 97.6 cm³/mol. The van der Waals surface area contributed by atoms with Crippen LogP contribution >= 0.6 is 0 Å². The van der Waals surface area contributed by atoms with Crippen LogP contribution in [0.25, 0.3) is 6.08 Å². The standard InChI is InChI=1S/C19H17N3O5/c1-12-19(22(25)26)13(2)21(20-12)11-17-7-6-16(27-17)8-9-18(24)14-4-3-5-15(23)10-14/h3-10,23H,11H2,1-2H3/b9-8+. The molecule has 0 unspecified atom stereocenters. The molecule has 0 saturated carbocycles. The molecule has 3 aromatic rings. The van der Waals surface area contributed by atoms with E-state index < -0.39 is 4.92 Å². The Morgan fingerprint density at radius 3 is 2.78 bits per heavy atom. The van der Waals surface area contributed by atoms with Crippen molar-refractivity contribution in [2.45, 2.75) is 20.4 Å². The maximum Gasteiger partial charge on any atom is 0.312 e. The summed E-state index contributed by atoms with van der Waals surface area (Å²) in [5, 5.41) is 24.7. The minimum Gasteiger partial charge on any atom is -0.508 e. The molecule has 0 aliphatic carbocycles. The fraction of sp³-hybridized carbons (Fsp3) is 0.158. The molecular weight excluding hydrogens is 350 g/mol. The molecule has 138 valence electrons. The molecule has 0 saturated heterocycles. The third-order valence-corrected chi connectivity index (χ3v) is 4.04. The second kappa shape index (κ2) is 7.28. The molecule has 0 amide bonds. The van der Waals surface area contributed by atoms with Crippen molar-refractivity contribution in [1.29, 1.82) is 0 Å². The van der Waals surface area contributed by atoms with Gasteiger partial charge in [-0.3, -0.25) is 19.6 Å². The molecule has 0 bridgehead atoms. The number of ketones is 1. The summed E-state index contributed by atoms with van der Waals surface area (Å²) in [4.78, 5) is 22.7. The molecule has 0 radical (unpaired) electrons. The van der Waals surface area contributed by atoms with E-state index in [0.717, 1.165) is 0 Å². The number of rotatable bonds is 6. The fourth-order valence-corrected chi connectivity index (χ4v) is 2.74. The van der Waals surface area contributed by atoms with Gasteiger partial charge in [0.05, 0.1) is 11.5 Å². The van der Waals surface area contributed by atoms with Crippen LogP contribution < -0.4 is 0 Å². The molecule has 0 atom stereocenters. The molecule has 8 heteroatoms. The summed E-state index contributed by atoms with van der Waals surface area (Å²) in [6.45, 7) is 3.47. The van der Waals surface area contributed by atoms with E-state index in [2.05, 4.69) is 5.10 Å². The van der Waals surface area contributed by atoms with E-state index >= 15 is 0 Å². The Morgan fingerprint density at radius 2 is 2.11 bits per heavy atom. The first-order valence-electron chi connectivity index (χ1n) is 8.13. The number of aromatic hydroxyl groups is 1. The summed E-state index contributed by atoms with van der Waals surface area (Å²) < 4.78 is 7.15. The van der Waals surface area contributed by atoms with Gasteiger partial charge in [-0.2, -0.15) is 5.10 Å². The number of phenolic OH excluding ortho intramolecular Hbond substituents is 1. The second-order valence-corrected chi connectivity index (χ2v) is 5.99. The number of aromatic nitrogens is 2. The number of hydrogen-bond donors (Lipinski definition) is 1. The Balaban J connectivity index is 1.73. The largest absolute Gasteiger partial charge is 0.508 e. The first-order chi connectivity index (χ1) is 12.8. The van der Waals surface area contributed by atoms with Gasteiger partial charge >= 0.3 is 5.69 Å². The van der Waals surface area contributed by atoms with Gasteiger partial charge in [-0.1, -0.05) is 12.1 Å². The molecule has 0 aliphatic rings. The number of carbonyl (C=O) groups is 1. The number of carbonyl (C=O) groups excluding carboxylic acids is 1. The van der Waals surface area contributed by atoms with Crippen LogP contribution in [0.15, 0.2) is 46.9 Å². The lowest BCUT2D eigenvalue weighted by Crippen LogP contribution is -2.03. The highest BCUT2D eigenvalue weighted by Gasteiger charge is 2.22. The van der Waals surface area contributed by atoms with Gasteiger partial charge in [0, 0.05) is 5.56 Å². The zero-order chi connectivity index (χ0) is 19.6. The molecule has 8 nitrogen and oxygen atoms in total. The summed E-state index contributed by atoms with van der Waals surface area (Å²) in [7, 11) is 0. The van der Waals surface area contributed by atoms with Crippen LogP contribution in [0, 0.1) is 24.0 Å². The van der Waals surface area contributed by atoms with Gasteiger partial charge in [0.1, 0.15) is 28.7 Å². The van der Waals surface area contributed by atoms with Crippen molar-refractivity contribution in [3.8, 4) is 5.75 Å². The Kier molecular flexibility index (Phi) is 4.89. The summed E-state index contributed by atoms with van der Waals surface area (Å²) in [6.07, 6.45) is 2.88. The van der Waals surface area contributed by atoms with Gasteiger partial charge in [0.2, 0.25) is 0 Å². The highest BCUT2D eigenvalue weighted by Crippen LogP contribution is 2.23. The van der Waals surface area contributed by atoms with Crippen molar-refractivity contribution >= 4 is 17.5 Å². The van der Waals surface area contributed by atoms with E-state index in [1.807, 2.05) is 0 Å². The quantitative estimate of drug-likeness (QED) is 0.308. The predicted octanol–water partition coefficient (Wildman–Crippen LogP) is 3.65. The molecule has 3 rings (SSSR count). The average Bonchev–Trinajstić information content (AvgIpc) is 3.17. The molecule has 0 aliphatic heterocycles. The van der Waals surface area contributed by atoms with Crippen molar-refractivity contribution in [3.63, 3.8) is 0 Å². The summed E-state index contributed by atoms with van der Waals surface area (Å²) in [5.41, 5.74) is 1.16. The van der Waals surface area contributed by atoms with Gasteiger partial charge in [0.25, 0.3) is 0 Å².